The largest absolute Gasteiger partial charge is 0.476 e. The molecule has 0 N–H and O–H groups in total. The van der Waals surface area contributed by atoms with Crippen LogP contribution in [0.4, 0.5) is 5.69 Å². The number of pyridine rings is 1. The Bertz CT molecular complexity index is 541. The number of rotatable bonds is 8. The fourth-order valence-electron chi connectivity index (χ4n) is 1.74. The van der Waals surface area contributed by atoms with E-state index in [2.05, 4.69) is 53.3 Å². The number of hydrogen-bond donors (Lipinski definition) is 0. The molecule has 0 aliphatic heterocycles. The van der Waals surface area contributed by atoms with Gasteiger partial charge in [0.1, 0.15) is 0 Å². The minimum atomic E-state index is 0.0391. The van der Waals surface area contributed by atoms with Crippen molar-refractivity contribution in [2.24, 2.45) is 10.4 Å². The Labute approximate surface area is 142 Å². The van der Waals surface area contributed by atoms with Gasteiger partial charge in [0.2, 0.25) is 5.88 Å². The molecule has 5 heteroatoms. The predicted octanol–water partition coefficient (Wildman–Crippen LogP) is 4.75. The van der Waals surface area contributed by atoms with Gasteiger partial charge in [-0.1, -0.05) is 19.9 Å². The van der Waals surface area contributed by atoms with E-state index in [4.69, 9.17) is 4.74 Å². The predicted molar refractivity (Wildman–Crippen MR) is 97.2 cm³/mol. The highest BCUT2D eigenvalue weighted by Crippen LogP contribution is 2.31. The summed E-state index contributed by atoms with van der Waals surface area (Å²) in [4.78, 5) is 11.0. The number of ether oxygens (including phenoxy) is 1. The molecule has 1 aromatic heterocycles. The summed E-state index contributed by atoms with van der Waals surface area (Å²) in [6.45, 7) is 13.6. The van der Waals surface area contributed by atoms with Crippen molar-refractivity contribution < 1.29 is 4.74 Å². The van der Waals surface area contributed by atoms with Gasteiger partial charge >= 0.3 is 0 Å². The fourth-order valence-corrected chi connectivity index (χ4v) is 2.16. The summed E-state index contributed by atoms with van der Waals surface area (Å²) in [6, 6.07) is 1.94. The van der Waals surface area contributed by atoms with Crippen molar-refractivity contribution in [3.63, 3.8) is 0 Å². The number of aliphatic imine (C=N–C) groups is 1. The quantitative estimate of drug-likeness (QED) is 0.378. The number of halogens is 1. The van der Waals surface area contributed by atoms with E-state index in [1.807, 2.05) is 37.4 Å². The van der Waals surface area contributed by atoms with Crippen LogP contribution in [0.5, 0.6) is 5.88 Å². The van der Waals surface area contributed by atoms with Crippen LogP contribution in [-0.2, 0) is 0 Å². The van der Waals surface area contributed by atoms with Crippen molar-refractivity contribution in [2.75, 3.05) is 20.2 Å². The van der Waals surface area contributed by atoms with Gasteiger partial charge in [-0.25, -0.2) is 9.98 Å². The second-order valence-corrected chi connectivity index (χ2v) is 7.00. The van der Waals surface area contributed by atoms with Crippen molar-refractivity contribution in [1.82, 2.24) is 9.88 Å². The Kier molecular flexibility index (Phi) is 7.07. The van der Waals surface area contributed by atoms with Crippen LogP contribution in [0.2, 0.25) is 0 Å². The van der Waals surface area contributed by atoms with Gasteiger partial charge in [-0.3, -0.25) is 0 Å². The van der Waals surface area contributed by atoms with Gasteiger partial charge in [-0.2, -0.15) is 0 Å². The van der Waals surface area contributed by atoms with E-state index in [1.165, 1.54) is 0 Å². The van der Waals surface area contributed by atoms with Crippen molar-refractivity contribution >= 4 is 28.0 Å². The molecule has 122 valence electrons. The Morgan fingerprint density at radius 2 is 2.18 bits per heavy atom. The number of nitrogens with zero attached hydrogens (tertiary/aromatic N) is 3. The molecule has 0 spiro atoms. The highest BCUT2D eigenvalue weighted by atomic mass is 79.9. The molecule has 1 heterocycles. The van der Waals surface area contributed by atoms with Crippen molar-refractivity contribution in [3.8, 4) is 5.88 Å². The van der Waals surface area contributed by atoms with Crippen LogP contribution in [-0.4, -0.2) is 36.4 Å². The number of hydrogen-bond acceptors (Lipinski definition) is 3. The number of aromatic nitrogens is 1. The van der Waals surface area contributed by atoms with Gasteiger partial charge < -0.3 is 9.64 Å². The molecule has 1 rings (SSSR count). The Morgan fingerprint density at radius 1 is 1.50 bits per heavy atom. The van der Waals surface area contributed by atoms with E-state index in [9.17, 15) is 0 Å². The maximum Gasteiger partial charge on any atom is 0.228 e. The molecular formula is C17H26BrN3O. The summed E-state index contributed by atoms with van der Waals surface area (Å²) in [5.41, 5.74) is 1.72. The fraction of sp³-hybridized carbons (Fsp3) is 0.529. The topological polar surface area (TPSA) is 37.7 Å². The lowest BCUT2D eigenvalue weighted by Gasteiger charge is -2.23. The second-order valence-electron chi connectivity index (χ2n) is 6.14. The van der Waals surface area contributed by atoms with Crippen LogP contribution in [0.15, 0.2) is 28.2 Å². The molecule has 0 aliphatic rings. The third kappa shape index (κ3) is 5.79. The highest BCUT2D eigenvalue weighted by Gasteiger charge is 2.18. The smallest absolute Gasteiger partial charge is 0.228 e. The standard InChI is InChI=1S/C17H26BrN3O/c1-7-9-17(4,5)11-22-16-14(18)10-15(13(3)20-16)19-12-21(6)8-2/h7,10,12H,1,8-9,11H2,2-6H3/b19-12+. The maximum atomic E-state index is 5.87. The first-order chi connectivity index (χ1) is 10.3. The van der Waals surface area contributed by atoms with Crippen molar-refractivity contribution in [2.45, 2.75) is 34.1 Å². The molecule has 0 fully saturated rings. The Morgan fingerprint density at radius 3 is 2.77 bits per heavy atom. The van der Waals surface area contributed by atoms with E-state index in [0.29, 0.717) is 12.5 Å². The molecule has 0 atom stereocenters. The molecule has 0 radical (unpaired) electrons. The van der Waals surface area contributed by atoms with Gasteiger partial charge in [-0.05, 0) is 42.3 Å². The monoisotopic (exact) mass is 367 g/mol. The summed E-state index contributed by atoms with van der Waals surface area (Å²) >= 11 is 3.52. The zero-order valence-electron chi connectivity index (χ0n) is 14.2. The molecule has 22 heavy (non-hydrogen) atoms. The van der Waals surface area contributed by atoms with Crippen LogP contribution in [0.1, 0.15) is 32.9 Å². The maximum absolute atomic E-state index is 5.87. The molecular weight excluding hydrogens is 342 g/mol. The molecule has 0 saturated heterocycles. The summed E-state index contributed by atoms with van der Waals surface area (Å²) in [7, 11) is 1.99. The summed E-state index contributed by atoms with van der Waals surface area (Å²) in [5.74, 6) is 0.609. The van der Waals surface area contributed by atoms with Gasteiger partial charge in [0.15, 0.2) is 0 Å². The Balaban J connectivity index is 2.85. The average molecular weight is 368 g/mol. The van der Waals surface area contributed by atoms with Crippen LogP contribution in [0.25, 0.3) is 0 Å². The van der Waals surface area contributed by atoms with Crippen molar-refractivity contribution in [3.05, 3.63) is 28.9 Å². The van der Waals surface area contributed by atoms with E-state index in [1.54, 1.807) is 0 Å². The molecule has 0 saturated carbocycles. The third-order valence-electron chi connectivity index (χ3n) is 3.30. The first kappa shape index (κ1) is 18.7. The SMILES string of the molecule is C=CCC(C)(C)COc1nc(C)c(/N=C/N(C)CC)cc1Br. The first-order valence-electron chi connectivity index (χ1n) is 7.44. The van der Waals surface area contributed by atoms with Crippen LogP contribution in [0, 0.1) is 12.3 Å². The van der Waals surface area contributed by atoms with Gasteiger partial charge in [0.05, 0.1) is 28.8 Å². The second kappa shape index (κ2) is 8.32. The molecule has 0 aromatic carbocycles. The lowest BCUT2D eigenvalue weighted by molar-refractivity contribution is 0.175. The molecule has 0 aliphatic carbocycles. The first-order valence-corrected chi connectivity index (χ1v) is 8.23. The summed E-state index contributed by atoms with van der Waals surface area (Å²) < 4.78 is 6.69. The zero-order chi connectivity index (χ0) is 16.8. The van der Waals surface area contributed by atoms with Crippen molar-refractivity contribution in [1.29, 1.82) is 0 Å². The summed E-state index contributed by atoms with van der Waals surface area (Å²) in [5, 5.41) is 0. The molecule has 0 bridgehead atoms. The minimum absolute atomic E-state index is 0.0391. The molecule has 4 nitrogen and oxygen atoms in total. The van der Waals surface area contributed by atoms with E-state index < -0.39 is 0 Å². The lowest BCUT2D eigenvalue weighted by atomic mass is 9.91. The third-order valence-corrected chi connectivity index (χ3v) is 3.87. The average Bonchev–Trinajstić information content (AvgIpc) is 2.45. The van der Waals surface area contributed by atoms with Gasteiger partial charge in [0.25, 0.3) is 0 Å². The van der Waals surface area contributed by atoms with E-state index in [-0.39, 0.29) is 5.41 Å². The molecule has 0 amide bonds. The Hall–Kier alpha value is -1.36. The highest BCUT2D eigenvalue weighted by molar-refractivity contribution is 9.10. The van der Waals surface area contributed by atoms with E-state index in [0.717, 1.165) is 28.8 Å². The number of aryl methyl sites for hydroxylation is 1. The molecule has 1 aromatic rings. The van der Waals surface area contributed by atoms with E-state index >= 15 is 0 Å². The molecule has 0 unspecified atom stereocenters. The van der Waals surface area contributed by atoms with Gasteiger partial charge in [0, 0.05) is 19.0 Å². The van der Waals surface area contributed by atoms with Gasteiger partial charge in [-0.15, -0.1) is 6.58 Å². The van der Waals surface area contributed by atoms with Crippen LogP contribution < -0.4 is 4.74 Å². The lowest BCUT2D eigenvalue weighted by Crippen LogP contribution is -2.21. The van der Waals surface area contributed by atoms with Crippen LogP contribution >= 0.6 is 15.9 Å². The summed E-state index contributed by atoms with van der Waals surface area (Å²) in [6.07, 6.45) is 4.62. The zero-order valence-corrected chi connectivity index (χ0v) is 15.8. The normalized spacial score (nSPS) is 11.7. The van der Waals surface area contributed by atoms with Crippen LogP contribution in [0.3, 0.4) is 0 Å². The minimum Gasteiger partial charge on any atom is -0.476 e. The number of allylic oxidation sites excluding steroid dienone is 1.